The highest BCUT2D eigenvalue weighted by molar-refractivity contribution is 7.86. The first-order valence-electron chi connectivity index (χ1n) is 4.80. The van der Waals surface area contributed by atoms with Gasteiger partial charge in [-0.3, -0.25) is 0 Å². The number of alkyl halides is 4. The van der Waals surface area contributed by atoms with Gasteiger partial charge in [-0.25, -0.2) is 21.7 Å². The molecule has 1 aromatic rings. The second kappa shape index (κ2) is 5.66. The van der Waals surface area contributed by atoms with E-state index in [0.29, 0.717) is 0 Å². The van der Waals surface area contributed by atoms with Crippen LogP contribution >= 0.6 is 0 Å². The molecule has 2 unspecified atom stereocenters. The lowest BCUT2D eigenvalue weighted by Crippen LogP contribution is -2.29. The minimum atomic E-state index is -4.60. The van der Waals surface area contributed by atoms with Gasteiger partial charge < -0.3 is 0 Å². The van der Waals surface area contributed by atoms with Crippen molar-refractivity contribution in [3.8, 4) is 0 Å². The Labute approximate surface area is 102 Å². The Morgan fingerprint density at radius 3 is 2.00 bits per heavy atom. The van der Waals surface area contributed by atoms with Gasteiger partial charge in [0.2, 0.25) is 6.17 Å². The summed E-state index contributed by atoms with van der Waals surface area (Å²) in [6, 6.07) is 5.02. The fraction of sp³-hybridized carbons (Fsp3) is 0.400. The Balaban J connectivity index is 2.85. The van der Waals surface area contributed by atoms with Gasteiger partial charge in [0, 0.05) is 0 Å². The molecule has 2 atom stereocenters. The molecule has 0 fully saturated rings. The maximum absolute atomic E-state index is 12.9. The summed E-state index contributed by atoms with van der Waals surface area (Å²) in [4.78, 5) is -0.433. The number of hydrogen-bond acceptors (Lipinski definition) is 3. The molecule has 102 valence electrons. The lowest BCUT2D eigenvalue weighted by molar-refractivity contribution is -0.0720. The van der Waals surface area contributed by atoms with E-state index in [1.165, 1.54) is 12.1 Å². The van der Waals surface area contributed by atoms with E-state index < -0.39 is 34.0 Å². The summed E-state index contributed by atoms with van der Waals surface area (Å²) < 4.78 is 75.6. The maximum atomic E-state index is 12.9. The van der Waals surface area contributed by atoms with Crippen LogP contribution in [-0.4, -0.2) is 27.4 Å². The highest BCUT2D eigenvalue weighted by Gasteiger charge is 2.34. The first kappa shape index (κ1) is 14.9. The second-order valence-corrected chi connectivity index (χ2v) is 5.07. The lowest BCUT2D eigenvalue weighted by atomic mass is 10.2. The Morgan fingerprint density at radius 2 is 1.56 bits per heavy atom. The second-order valence-electron chi connectivity index (χ2n) is 3.49. The Hall–Kier alpha value is -1.15. The fourth-order valence-corrected chi connectivity index (χ4v) is 1.98. The molecule has 0 saturated carbocycles. The van der Waals surface area contributed by atoms with Crippen molar-refractivity contribution in [2.75, 3.05) is 0 Å². The van der Waals surface area contributed by atoms with E-state index in [0.717, 1.165) is 17.7 Å². The van der Waals surface area contributed by atoms with Crippen LogP contribution in [0, 0.1) is 6.92 Å². The molecule has 0 spiro atoms. The molecule has 1 aromatic carbocycles. The third-order valence-electron chi connectivity index (χ3n) is 2.02. The quantitative estimate of drug-likeness (QED) is 0.617. The third kappa shape index (κ3) is 3.67. The predicted molar refractivity (Wildman–Crippen MR) is 55.2 cm³/mol. The summed E-state index contributed by atoms with van der Waals surface area (Å²) >= 11 is 0. The van der Waals surface area contributed by atoms with Crippen LogP contribution in [0.5, 0.6) is 0 Å². The van der Waals surface area contributed by atoms with Gasteiger partial charge in [-0.2, -0.15) is 8.42 Å². The Morgan fingerprint density at radius 1 is 1.06 bits per heavy atom. The van der Waals surface area contributed by atoms with Crippen molar-refractivity contribution in [2.45, 2.75) is 30.8 Å². The van der Waals surface area contributed by atoms with Crippen LogP contribution in [0.3, 0.4) is 0 Å². The molecule has 0 amide bonds. The van der Waals surface area contributed by atoms with Crippen LogP contribution in [0.2, 0.25) is 0 Å². The Kier molecular flexibility index (Phi) is 4.69. The normalized spacial score (nSPS) is 15.7. The summed E-state index contributed by atoms with van der Waals surface area (Å²) in [7, 11) is -4.60. The van der Waals surface area contributed by atoms with Crippen molar-refractivity contribution in [1.82, 2.24) is 0 Å². The average Bonchev–Trinajstić information content (AvgIpc) is 2.27. The van der Waals surface area contributed by atoms with E-state index in [9.17, 15) is 26.0 Å². The minimum absolute atomic E-state index is 0.433. The SMILES string of the molecule is Cc1ccc(S(=O)(=O)OC(F)C(F)C(F)F)cc1. The summed E-state index contributed by atoms with van der Waals surface area (Å²) in [6.45, 7) is 1.68. The first-order valence-corrected chi connectivity index (χ1v) is 6.21. The monoisotopic (exact) mass is 286 g/mol. The predicted octanol–water partition coefficient (Wildman–Crippen LogP) is 2.60. The zero-order valence-corrected chi connectivity index (χ0v) is 10.0. The fourth-order valence-electron chi connectivity index (χ4n) is 1.05. The van der Waals surface area contributed by atoms with Crippen LogP contribution in [0.4, 0.5) is 17.6 Å². The number of aryl methyl sites for hydroxylation is 1. The van der Waals surface area contributed by atoms with E-state index >= 15 is 0 Å². The van der Waals surface area contributed by atoms with Gasteiger partial charge in [0.05, 0.1) is 4.90 Å². The summed E-state index contributed by atoms with van der Waals surface area (Å²) in [5.41, 5.74) is 0.738. The van der Waals surface area contributed by atoms with E-state index in [1.54, 1.807) is 6.92 Å². The van der Waals surface area contributed by atoms with E-state index in [-0.39, 0.29) is 0 Å². The van der Waals surface area contributed by atoms with E-state index in [2.05, 4.69) is 4.18 Å². The standard InChI is InChI=1S/C10H10F4O3S/c1-6-2-4-7(5-3-6)18(15,16)17-10(14)8(11)9(12)13/h2-5,8-10H,1H3. The molecule has 0 saturated heterocycles. The zero-order valence-electron chi connectivity index (χ0n) is 9.19. The van der Waals surface area contributed by atoms with Crippen molar-refractivity contribution in [2.24, 2.45) is 0 Å². The van der Waals surface area contributed by atoms with Crippen molar-refractivity contribution >= 4 is 10.1 Å². The van der Waals surface area contributed by atoms with Crippen molar-refractivity contribution in [3.63, 3.8) is 0 Å². The molecule has 0 aromatic heterocycles. The van der Waals surface area contributed by atoms with E-state index in [1.807, 2.05) is 0 Å². The van der Waals surface area contributed by atoms with Crippen LogP contribution in [0.25, 0.3) is 0 Å². The molecule has 0 radical (unpaired) electrons. The van der Waals surface area contributed by atoms with Gasteiger partial charge in [-0.1, -0.05) is 17.7 Å². The largest absolute Gasteiger partial charge is 0.299 e. The highest BCUT2D eigenvalue weighted by atomic mass is 32.2. The molecule has 0 N–H and O–H groups in total. The molecule has 1 rings (SSSR count). The summed E-state index contributed by atoms with van der Waals surface area (Å²) in [6.07, 6.45) is -10.2. The highest BCUT2D eigenvalue weighted by Crippen LogP contribution is 2.20. The molecule has 18 heavy (non-hydrogen) atoms. The van der Waals surface area contributed by atoms with Crippen molar-refractivity contribution in [3.05, 3.63) is 29.8 Å². The number of benzene rings is 1. The molecular weight excluding hydrogens is 276 g/mol. The van der Waals surface area contributed by atoms with Crippen LogP contribution < -0.4 is 0 Å². The van der Waals surface area contributed by atoms with Crippen molar-refractivity contribution in [1.29, 1.82) is 0 Å². The Bertz CT molecular complexity index is 486. The third-order valence-corrected chi connectivity index (χ3v) is 3.31. The lowest BCUT2D eigenvalue weighted by Gasteiger charge is -2.13. The molecule has 0 aliphatic heterocycles. The summed E-state index contributed by atoms with van der Waals surface area (Å²) in [5, 5.41) is 0. The topological polar surface area (TPSA) is 43.4 Å². The molecule has 0 bridgehead atoms. The van der Waals surface area contributed by atoms with Gasteiger partial charge in [0.1, 0.15) is 0 Å². The van der Waals surface area contributed by atoms with Crippen LogP contribution in [0.15, 0.2) is 29.2 Å². The van der Waals surface area contributed by atoms with Gasteiger partial charge in [-0.15, -0.1) is 0 Å². The number of halogens is 4. The minimum Gasteiger partial charge on any atom is -0.235 e. The van der Waals surface area contributed by atoms with E-state index in [4.69, 9.17) is 0 Å². The molecular formula is C10H10F4O3S. The van der Waals surface area contributed by atoms with Crippen LogP contribution in [0.1, 0.15) is 5.56 Å². The molecule has 0 aliphatic carbocycles. The molecule has 8 heteroatoms. The zero-order chi connectivity index (χ0) is 13.9. The molecule has 0 heterocycles. The molecule has 3 nitrogen and oxygen atoms in total. The smallest absolute Gasteiger partial charge is 0.235 e. The summed E-state index contributed by atoms with van der Waals surface area (Å²) in [5.74, 6) is 0. The number of rotatable bonds is 5. The number of hydrogen-bond donors (Lipinski definition) is 0. The van der Waals surface area contributed by atoms with Crippen LogP contribution in [-0.2, 0) is 14.3 Å². The van der Waals surface area contributed by atoms with Gasteiger partial charge in [-0.05, 0) is 19.1 Å². The van der Waals surface area contributed by atoms with Gasteiger partial charge in [0.15, 0.2) is 0 Å². The van der Waals surface area contributed by atoms with Crippen molar-refractivity contribution < 1.29 is 30.2 Å². The van der Waals surface area contributed by atoms with Gasteiger partial charge in [0.25, 0.3) is 22.9 Å². The van der Waals surface area contributed by atoms with Gasteiger partial charge >= 0.3 is 0 Å². The maximum Gasteiger partial charge on any atom is 0.299 e. The first-order chi connectivity index (χ1) is 8.24. The molecule has 0 aliphatic rings. The average molecular weight is 286 g/mol.